The summed E-state index contributed by atoms with van der Waals surface area (Å²) in [6.07, 6.45) is 4.94. The number of carbonyl (C=O) groups excluding carboxylic acids is 2. The number of carbonyl (C=O) groups is 2. The number of rotatable bonds is 1. The van der Waals surface area contributed by atoms with Gasteiger partial charge in [-0.1, -0.05) is 40.3 Å². The Bertz CT molecular complexity index is 600. The van der Waals surface area contributed by atoms with Gasteiger partial charge < -0.3 is 5.11 Å². The number of hydrogen-bond acceptors (Lipinski definition) is 3. The van der Waals surface area contributed by atoms with Gasteiger partial charge in [0.05, 0.1) is 0 Å². The van der Waals surface area contributed by atoms with E-state index < -0.39 is 11.5 Å². The summed E-state index contributed by atoms with van der Waals surface area (Å²) in [5, 5.41) is 10.4. The van der Waals surface area contributed by atoms with Crippen LogP contribution < -0.4 is 0 Å². The molecule has 3 aliphatic carbocycles. The molecule has 3 rings (SSSR count). The SMILES string of the molecule is C=CC1=CC(=O)C2[C@@H](CCC3C(C)(C)C(=O)C(O)C[C@]23C)C1C. The fourth-order valence-electron chi connectivity index (χ4n) is 6.08. The van der Waals surface area contributed by atoms with Crippen LogP contribution in [0.4, 0.5) is 0 Å². The van der Waals surface area contributed by atoms with Crippen molar-refractivity contribution < 1.29 is 14.7 Å². The average Bonchev–Trinajstić information content (AvgIpc) is 2.47. The summed E-state index contributed by atoms with van der Waals surface area (Å²) in [6, 6.07) is 0. The standard InChI is InChI=1S/C20H28O3/c1-6-12-9-14(21)17-13(11(12)2)7-8-16-19(3,4)18(23)15(22)10-20(16,17)5/h6,9,11,13,15-17,22H,1,7-8,10H2,2-5H3/t11?,13-,15?,16?,17?,20-/m0/s1. The largest absolute Gasteiger partial charge is 0.385 e. The van der Waals surface area contributed by atoms with Crippen LogP contribution in [0.5, 0.6) is 0 Å². The normalized spacial score (nSPS) is 45.8. The van der Waals surface area contributed by atoms with Crippen LogP contribution in [0.3, 0.4) is 0 Å². The summed E-state index contributed by atoms with van der Waals surface area (Å²) in [7, 11) is 0. The summed E-state index contributed by atoms with van der Waals surface area (Å²) in [4.78, 5) is 25.4. The maximum atomic E-state index is 12.9. The van der Waals surface area contributed by atoms with Gasteiger partial charge in [0.2, 0.25) is 0 Å². The van der Waals surface area contributed by atoms with E-state index in [1.807, 2.05) is 13.8 Å². The summed E-state index contributed by atoms with van der Waals surface area (Å²) < 4.78 is 0. The Hall–Kier alpha value is -1.22. The van der Waals surface area contributed by atoms with Crippen molar-refractivity contribution in [3.05, 3.63) is 24.3 Å². The van der Waals surface area contributed by atoms with Crippen molar-refractivity contribution in [2.24, 2.45) is 34.5 Å². The highest BCUT2D eigenvalue weighted by molar-refractivity contribution is 5.96. The molecule has 0 bridgehead atoms. The topological polar surface area (TPSA) is 54.4 Å². The second kappa shape index (κ2) is 5.14. The molecular formula is C20H28O3. The second-order valence-electron chi connectivity index (χ2n) is 8.62. The molecule has 23 heavy (non-hydrogen) atoms. The van der Waals surface area contributed by atoms with E-state index in [0.29, 0.717) is 12.3 Å². The molecule has 0 aromatic heterocycles. The Morgan fingerprint density at radius 2 is 1.91 bits per heavy atom. The minimum atomic E-state index is -0.946. The van der Waals surface area contributed by atoms with Gasteiger partial charge in [0.1, 0.15) is 6.10 Å². The molecule has 3 heteroatoms. The number of hydrogen-bond donors (Lipinski definition) is 1. The molecule has 0 aromatic carbocycles. The third-order valence-corrected chi connectivity index (χ3v) is 7.18. The highest BCUT2D eigenvalue weighted by Gasteiger charge is 2.62. The van der Waals surface area contributed by atoms with Crippen LogP contribution in [0.25, 0.3) is 0 Å². The van der Waals surface area contributed by atoms with E-state index in [1.165, 1.54) is 0 Å². The van der Waals surface area contributed by atoms with Crippen LogP contribution in [0, 0.1) is 34.5 Å². The average molecular weight is 316 g/mol. The summed E-state index contributed by atoms with van der Waals surface area (Å²) in [5.74, 6) is 0.761. The summed E-state index contributed by atoms with van der Waals surface area (Å²) in [5.41, 5.74) is 0.155. The maximum Gasteiger partial charge on any atom is 0.167 e. The Balaban J connectivity index is 2.08. The predicted octanol–water partition coefficient (Wildman–Crippen LogP) is 3.33. The third kappa shape index (κ3) is 2.12. The van der Waals surface area contributed by atoms with E-state index in [0.717, 1.165) is 18.4 Å². The lowest BCUT2D eigenvalue weighted by Gasteiger charge is -2.60. The fourth-order valence-corrected chi connectivity index (χ4v) is 6.08. The van der Waals surface area contributed by atoms with Gasteiger partial charge in [0.15, 0.2) is 11.6 Å². The lowest BCUT2D eigenvalue weighted by Crippen LogP contribution is -2.61. The molecule has 2 fully saturated rings. The number of ketones is 2. The Morgan fingerprint density at radius 3 is 2.52 bits per heavy atom. The molecule has 3 aliphatic rings. The van der Waals surface area contributed by atoms with Gasteiger partial charge in [-0.25, -0.2) is 0 Å². The van der Waals surface area contributed by atoms with E-state index in [1.54, 1.807) is 12.2 Å². The van der Waals surface area contributed by atoms with Gasteiger partial charge in [-0.3, -0.25) is 9.59 Å². The van der Waals surface area contributed by atoms with Gasteiger partial charge in [-0.15, -0.1) is 0 Å². The first-order valence-electron chi connectivity index (χ1n) is 8.75. The van der Waals surface area contributed by atoms with Gasteiger partial charge >= 0.3 is 0 Å². The van der Waals surface area contributed by atoms with E-state index in [9.17, 15) is 14.7 Å². The van der Waals surface area contributed by atoms with Crippen LogP contribution in [0.2, 0.25) is 0 Å². The minimum absolute atomic E-state index is 0.0583. The van der Waals surface area contributed by atoms with Crippen molar-refractivity contribution in [1.29, 1.82) is 0 Å². The van der Waals surface area contributed by atoms with Crippen LogP contribution >= 0.6 is 0 Å². The molecule has 0 aliphatic heterocycles. The van der Waals surface area contributed by atoms with Crippen molar-refractivity contribution in [2.75, 3.05) is 0 Å². The van der Waals surface area contributed by atoms with Crippen LogP contribution in [0.1, 0.15) is 47.0 Å². The van der Waals surface area contributed by atoms with Crippen LogP contribution in [-0.2, 0) is 9.59 Å². The number of Topliss-reactive ketones (excluding diaryl/α,β-unsaturated/α-hetero) is 1. The van der Waals surface area contributed by atoms with E-state index in [4.69, 9.17) is 0 Å². The van der Waals surface area contributed by atoms with E-state index in [2.05, 4.69) is 20.4 Å². The molecule has 0 heterocycles. The maximum absolute atomic E-state index is 12.9. The zero-order valence-electron chi connectivity index (χ0n) is 14.6. The molecule has 0 spiro atoms. The summed E-state index contributed by atoms with van der Waals surface area (Å²) >= 11 is 0. The van der Waals surface area contributed by atoms with Crippen molar-refractivity contribution in [3.8, 4) is 0 Å². The number of aliphatic hydroxyl groups is 1. The van der Waals surface area contributed by atoms with Gasteiger partial charge in [-0.2, -0.15) is 0 Å². The third-order valence-electron chi connectivity index (χ3n) is 7.18. The molecule has 0 saturated heterocycles. The second-order valence-corrected chi connectivity index (χ2v) is 8.62. The number of fused-ring (bicyclic) bond motifs is 3. The quantitative estimate of drug-likeness (QED) is 0.807. The molecule has 2 saturated carbocycles. The Kier molecular flexibility index (Phi) is 3.72. The monoisotopic (exact) mass is 316 g/mol. The first-order valence-corrected chi connectivity index (χ1v) is 8.75. The van der Waals surface area contributed by atoms with Gasteiger partial charge in [0, 0.05) is 11.3 Å². The Labute approximate surface area is 138 Å². The molecule has 126 valence electrons. The summed E-state index contributed by atoms with van der Waals surface area (Å²) in [6.45, 7) is 12.0. The smallest absolute Gasteiger partial charge is 0.167 e. The minimum Gasteiger partial charge on any atom is -0.385 e. The fraction of sp³-hybridized carbons (Fsp3) is 0.700. The molecular weight excluding hydrogens is 288 g/mol. The highest BCUT2D eigenvalue weighted by Crippen LogP contribution is 2.62. The molecule has 0 amide bonds. The van der Waals surface area contributed by atoms with Crippen LogP contribution in [0.15, 0.2) is 24.3 Å². The van der Waals surface area contributed by atoms with Crippen molar-refractivity contribution >= 4 is 11.6 Å². The predicted molar refractivity (Wildman–Crippen MR) is 89.7 cm³/mol. The zero-order chi connectivity index (χ0) is 17.2. The van der Waals surface area contributed by atoms with Crippen LogP contribution in [-0.4, -0.2) is 22.8 Å². The molecule has 4 unspecified atom stereocenters. The van der Waals surface area contributed by atoms with Gasteiger partial charge in [-0.05, 0) is 54.1 Å². The highest BCUT2D eigenvalue weighted by atomic mass is 16.3. The van der Waals surface area contributed by atoms with E-state index in [-0.39, 0.29) is 34.7 Å². The molecule has 1 N–H and O–H groups in total. The number of aliphatic hydroxyl groups excluding tert-OH is 1. The molecule has 6 atom stereocenters. The molecule has 3 nitrogen and oxygen atoms in total. The first kappa shape index (κ1) is 16.6. The Morgan fingerprint density at radius 1 is 1.26 bits per heavy atom. The van der Waals surface area contributed by atoms with Crippen molar-refractivity contribution in [3.63, 3.8) is 0 Å². The lowest BCUT2D eigenvalue weighted by molar-refractivity contribution is -0.173. The lowest BCUT2D eigenvalue weighted by atomic mass is 9.43. The number of allylic oxidation sites excluding steroid dienone is 3. The molecule has 0 radical (unpaired) electrons. The van der Waals surface area contributed by atoms with Crippen molar-refractivity contribution in [2.45, 2.75) is 53.1 Å². The van der Waals surface area contributed by atoms with Gasteiger partial charge in [0.25, 0.3) is 0 Å². The molecule has 0 aromatic rings. The van der Waals surface area contributed by atoms with Crippen molar-refractivity contribution in [1.82, 2.24) is 0 Å². The first-order chi connectivity index (χ1) is 10.6. The zero-order valence-corrected chi connectivity index (χ0v) is 14.6. The van der Waals surface area contributed by atoms with E-state index >= 15 is 0 Å².